The molecule has 1 fully saturated rings. The molecule has 0 unspecified atom stereocenters. The lowest BCUT2D eigenvalue weighted by atomic mass is 9.79. The maximum atomic E-state index is 14.2. The highest BCUT2D eigenvalue weighted by molar-refractivity contribution is 5.97. The Bertz CT molecular complexity index is 1320. The summed E-state index contributed by atoms with van der Waals surface area (Å²) >= 11 is 0. The van der Waals surface area contributed by atoms with Crippen LogP contribution in [-0.2, 0) is 10.6 Å². The molecule has 0 aliphatic carbocycles. The smallest absolute Gasteiger partial charge is 0.247 e. The molecule has 0 amide bonds. The zero-order valence-electron chi connectivity index (χ0n) is 19.1. The first-order chi connectivity index (χ1) is 16.6. The van der Waals surface area contributed by atoms with Crippen molar-refractivity contribution in [3.63, 3.8) is 0 Å². The van der Waals surface area contributed by atoms with Crippen LogP contribution in [0.15, 0.2) is 60.2 Å². The van der Waals surface area contributed by atoms with Crippen LogP contribution in [0.25, 0.3) is 11.8 Å². The molecule has 4 heterocycles. The average Bonchev–Trinajstić information content (AvgIpc) is 3.46. The largest absolute Gasteiger partial charge is 0.495 e. The second-order valence-electron chi connectivity index (χ2n) is 8.87. The summed E-state index contributed by atoms with van der Waals surface area (Å²) in [6.45, 7) is 3.25. The lowest BCUT2D eigenvalue weighted by molar-refractivity contribution is -0.183. The van der Waals surface area contributed by atoms with Gasteiger partial charge in [-0.3, -0.25) is 0 Å². The molecule has 0 saturated carbocycles. The van der Waals surface area contributed by atoms with E-state index in [-0.39, 0.29) is 11.7 Å². The zero-order chi connectivity index (χ0) is 23.3. The van der Waals surface area contributed by atoms with Crippen LogP contribution in [0.5, 0.6) is 11.5 Å². The first-order valence-electron chi connectivity index (χ1n) is 11.4. The fraction of sp³-hybridized carbons (Fsp3) is 0.308. The number of benzene rings is 2. The second kappa shape index (κ2) is 7.90. The third-order valence-electron chi connectivity index (χ3n) is 6.83. The highest BCUT2D eigenvalue weighted by Gasteiger charge is 2.58. The van der Waals surface area contributed by atoms with Crippen LogP contribution in [0.4, 0.5) is 4.39 Å². The van der Waals surface area contributed by atoms with Crippen LogP contribution in [0, 0.1) is 18.7 Å². The number of fused-ring (bicyclic) bond motifs is 1. The average molecular weight is 461 g/mol. The van der Waals surface area contributed by atoms with Crippen molar-refractivity contribution >= 4 is 11.9 Å². The summed E-state index contributed by atoms with van der Waals surface area (Å²) in [5.74, 6) is 1.88. The van der Waals surface area contributed by atoms with Crippen LogP contribution in [0.1, 0.15) is 29.7 Å². The van der Waals surface area contributed by atoms with Gasteiger partial charge in [0.25, 0.3) is 0 Å². The molecule has 0 bridgehead atoms. The fourth-order valence-corrected chi connectivity index (χ4v) is 5.22. The van der Waals surface area contributed by atoms with Crippen LogP contribution >= 0.6 is 0 Å². The van der Waals surface area contributed by atoms with Gasteiger partial charge in [-0.25, -0.2) is 9.37 Å². The molecule has 2 atom stereocenters. The molecule has 6 rings (SSSR count). The summed E-state index contributed by atoms with van der Waals surface area (Å²) in [5, 5.41) is 4.44. The highest BCUT2D eigenvalue weighted by atomic mass is 19.1. The van der Waals surface area contributed by atoms with Crippen molar-refractivity contribution in [1.29, 1.82) is 0 Å². The number of nitrogens with zero attached hydrogens (tertiary/aromatic N) is 4. The quantitative estimate of drug-likeness (QED) is 0.568. The molecule has 7 nitrogen and oxygen atoms in total. The van der Waals surface area contributed by atoms with Crippen molar-refractivity contribution in [2.75, 3.05) is 20.3 Å². The lowest BCUT2D eigenvalue weighted by Crippen LogP contribution is -2.57. The van der Waals surface area contributed by atoms with Gasteiger partial charge in [-0.1, -0.05) is 17.3 Å². The van der Waals surface area contributed by atoms with Gasteiger partial charge in [-0.2, -0.15) is 0 Å². The summed E-state index contributed by atoms with van der Waals surface area (Å²) in [4.78, 5) is 12.6. The van der Waals surface area contributed by atoms with Gasteiger partial charge in [-0.05, 0) is 61.7 Å². The van der Waals surface area contributed by atoms with E-state index >= 15 is 0 Å². The van der Waals surface area contributed by atoms with Gasteiger partial charge in [0.15, 0.2) is 5.84 Å². The van der Waals surface area contributed by atoms with Gasteiger partial charge < -0.3 is 23.8 Å². The SMILES string of the molecule is COc1cc(C=CC2=NO[C@@]34c5cc(F)ccc5OC[C@@H]3CCCN24)ccc1-n1cnc(C)c1. The van der Waals surface area contributed by atoms with Crippen LogP contribution in [0.3, 0.4) is 0 Å². The van der Waals surface area contributed by atoms with Crippen LogP contribution in [-0.4, -0.2) is 40.5 Å². The van der Waals surface area contributed by atoms with Gasteiger partial charge in [0, 0.05) is 12.7 Å². The Morgan fingerprint density at radius 3 is 2.94 bits per heavy atom. The first kappa shape index (κ1) is 20.8. The van der Waals surface area contributed by atoms with E-state index in [0.717, 1.165) is 47.9 Å². The predicted molar refractivity (Wildman–Crippen MR) is 125 cm³/mol. The van der Waals surface area contributed by atoms with Crippen LogP contribution in [0.2, 0.25) is 0 Å². The Morgan fingerprint density at radius 2 is 2.12 bits per heavy atom. The van der Waals surface area contributed by atoms with E-state index in [1.807, 2.05) is 48.0 Å². The van der Waals surface area contributed by atoms with E-state index in [2.05, 4.69) is 15.0 Å². The summed E-state index contributed by atoms with van der Waals surface area (Å²) in [5.41, 5.74) is 2.70. The third kappa shape index (κ3) is 3.16. The van der Waals surface area contributed by atoms with Crippen molar-refractivity contribution in [2.45, 2.75) is 25.5 Å². The third-order valence-corrected chi connectivity index (χ3v) is 6.83. The molecule has 1 spiro atoms. The Hall–Kier alpha value is -3.81. The number of aryl methyl sites for hydroxylation is 1. The Labute approximate surface area is 197 Å². The molecule has 8 heteroatoms. The van der Waals surface area contributed by atoms with Gasteiger partial charge in [0.05, 0.1) is 42.9 Å². The van der Waals surface area contributed by atoms with Crippen LogP contribution < -0.4 is 9.47 Å². The molecule has 2 aromatic carbocycles. The van der Waals surface area contributed by atoms with E-state index in [9.17, 15) is 4.39 Å². The maximum absolute atomic E-state index is 14.2. The molecule has 3 aliphatic heterocycles. The number of rotatable bonds is 4. The molecular formula is C26H25FN4O3. The van der Waals surface area contributed by atoms with Crippen molar-refractivity contribution in [1.82, 2.24) is 14.5 Å². The molecule has 0 N–H and O–H groups in total. The molecule has 0 radical (unpaired) electrons. The number of aromatic nitrogens is 2. The molecule has 34 heavy (non-hydrogen) atoms. The molecule has 3 aliphatic rings. The number of methoxy groups -OCH3 is 1. The Morgan fingerprint density at radius 1 is 1.21 bits per heavy atom. The van der Waals surface area contributed by atoms with E-state index < -0.39 is 5.72 Å². The minimum Gasteiger partial charge on any atom is -0.495 e. The number of amidine groups is 1. The lowest BCUT2D eigenvalue weighted by Gasteiger charge is -2.48. The Kier molecular flexibility index (Phi) is 4.83. The van der Waals surface area contributed by atoms with Gasteiger partial charge in [0.2, 0.25) is 5.72 Å². The predicted octanol–water partition coefficient (Wildman–Crippen LogP) is 4.64. The molecular weight excluding hydrogens is 435 g/mol. The number of ether oxygens (including phenoxy) is 2. The highest BCUT2D eigenvalue weighted by Crippen LogP contribution is 2.52. The number of imidazole rings is 1. The summed E-state index contributed by atoms with van der Waals surface area (Å²) in [6, 6.07) is 10.6. The van der Waals surface area contributed by atoms with Crippen molar-refractivity contribution < 1.29 is 18.7 Å². The van der Waals surface area contributed by atoms with Gasteiger partial charge in [-0.15, -0.1) is 0 Å². The Balaban J connectivity index is 1.31. The number of oxime groups is 1. The van der Waals surface area contributed by atoms with Crippen molar-refractivity contribution in [3.05, 3.63) is 77.6 Å². The normalized spacial score (nSPS) is 23.0. The summed E-state index contributed by atoms with van der Waals surface area (Å²) in [6.07, 6.45) is 9.59. The first-order valence-corrected chi connectivity index (χ1v) is 11.4. The summed E-state index contributed by atoms with van der Waals surface area (Å²) in [7, 11) is 1.66. The number of piperidine rings is 1. The van der Waals surface area contributed by atoms with E-state index in [1.165, 1.54) is 12.1 Å². The van der Waals surface area contributed by atoms with Crippen molar-refractivity contribution in [2.24, 2.45) is 11.1 Å². The number of hydrogen-bond donors (Lipinski definition) is 0. The second-order valence-corrected chi connectivity index (χ2v) is 8.87. The van der Waals surface area contributed by atoms with Crippen molar-refractivity contribution in [3.8, 4) is 17.2 Å². The topological polar surface area (TPSA) is 61.1 Å². The number of halogens is 1. The minimum atomic E-state index is -0.825. The molecule has 1 saturated heterocycles. The van der Waals surface area contributed by atoms with E-state index in [1.54, 1.807) is 19.5 Å². The standard InChI is InChI=1S/C26H25FN4O3/c1-17-14-30(16-28-17)22-8-5-18(12-24(22)32-2)6-10-25-29-34-26-19(4-3-11-31(25)26)15-33-23-9-7-20(27)13-21(23)26/h5-10,12-14,16,19H,3-4,11,15H2,1-2H3/t19-,26+/m0/s1. The van der Waals surface area contributed by atoms with E-state index in [4.69, 9.17) is 14.3 Å². The number of hydrogen-bond acceptors (Lipinski definition) is 6. The minimum absolute atomic E-state index is 0.0724. The fourth-order valence-electron chi connectivity index (χ4n) is 5.22. The monoisotopic (exact) mass is 460 g/mol. The van der Waals surface area contributed by atoms with Gasteiger partial charge >= 0.3 is 0 Å². The molecule has 174 valence electrons. The zero-order valence-corrected chi connectivity index (χ0v) is 19.1. The summed E-state index contributed by atoms with van der Waals surface area (Å²) < 4.78 is 27.7. The molecule has 1 aromatic heterocycles. The molecule has 3 aromatic rings. The van der Waals surface area contributed by atoms with E-state index in [0.29, 0.717) is 17.9 Å². The van der Waals surface area contributed by atoms with Gasteiger partial charge in [0.1, 0.15) is 17.3 Å². The maximum Gasteiger partial charge on any atom is 0.247 e.